The van der Waals surface area contributed by atoms with Gasteiger partial charge in [0.15, 0.2) is 5.78 Å². The molecule has 0 saturated heterocycles. The molecule has 0 aliphatic heterocycles. The Morgan fingerprint density at radius 3 is 2.60 bits per heavy atom. The molecule has 0 atom stereocenters. The fourth-order valence-electron chi connectivity index (χ4n) is 1.09. The van der Waals surface area contributed by atoms with E-state index >= 15 is 0 Å². The van der Waals surface area contributed by atoms with Crippen molar-refractivity contribution in [2.75, 3.05) is 0 Å². The molecule has 80 valence electrons. The monoisotopic (exact) mass is 246 g/mol. The number of carbonyl (C=O) groups excluding carboxylic acids is 2. The van der Waals surface area contributed by atoms with Crippen LogP contribution in [0.3, 0.4) is 0 Å². The van der Waals surface area contributed by atoms with Gasteiger partial charge in [-0.3, -0.25) is 4.79 Å². The van der Waals surface area contributed by atoms with E-state index in [0.29, 0.717) is 11.4 Å². The molecule has 0 N–H and O–H groups in total. The molecule has 0 spiro atoms. The average Bonchev–Trinajstić information content (AvgIpc) is 2.19. The number of ether oxygens (including phenoxy) is 1. The SMILES string of the molecule is CCC(=O)c1cc(Cl)ccc1OC(=O)Cl. The number of hydrogen-bond donors (Lipinski definition) is 0. The van der Waals surface area contributed by atoms with Crippen LogP contribution in [0.1, 0.15) is 23.7 Å². The number of halogens is 2. The summed E-state index contributed by atoms with van der Waals surface area (Å²) in [5.41, 5.74) is -0.721. The van der Waals surface area contributed by atoms with Gasteiger partial charge in [0, 0.05) is 23.0 Å². The van der Waals surface area contributed by atoms with E-state index in [0.717, 1.165) is 0 Å². The Kier molecular flexibility index (Phi) is 4.12. The molecular formula is C10H8Cl2O3. The molecular weight excluding hydrogens is 239 g/mol. The fraction of sp³-hybridized carbons (Fsp3) is 0.200. The van der Waals surface area contributed by atoms with Gasteiger partial charge in [-0.05, 0) is 18.2 Å². The van der Waals surface area contributed by atoms with Gasteiger partial charge in [-0.1, -0.05) is 18.5 Å². The van der Waals surface area contributed by atoms with E-state index in [2.05, 4.69) is 4.74 Å². The van der Waals surface area contributed by atoms with Crippen molar-refractivity contribution in [2.24, 2.45) is 0 Å². The van der Waals surface area contributed by atoms with Crippen molar-refractivity contribution < 1.29 is 14.3 Å². The summed E-state index contributed by atoms with van der Waals surface area (Å²) in [5.74, 6) is -0.0309. The van der Waals surface area contributed by atoms with Gasteiger partial charge in [-0.2, -0.15) is 0 Å². The molecule has 3 nitrogen and oxygen atoms in total. The lowest BCUT2D eigenvalue weighted by molar-refractivity contribution is 0.0986. The zero-order valence-electron chi connectivity index (χ0n) is 7.92. The second kappa shape index (κ2) is 5.14. The molecule has 0 aliphatic carbocycles. The van der Waals surface area contributed by atoms with Crippen molar-refractivity contribution in [1.29, 1.82) is 0 Å². The zero-order valence-corrected chi connectivity index (χ0v) is 9.43. The molecule has 1 rings (SSSR count). The highest BCUT2D eigenvalue weighted by Crippen LogP contribution is 2.24. The van der Waals surface area contributed by atoms with Crippen LogP contribution in [0, 0.1) is 0 Å². The van der Waals surface area contributed by atoms with Gasteiger partial charge in [-0.25, -0.2) is 4.79 Å². The third-order valence-electron chi connectivity index (χ3n) is 1.75. The molecule has 0 fully saturated rings. The molecule has 0 radical (unpaired) electrons. The van der Waals surface area contributed by atoms with E-state index in [1.165, 1.54) is 18.2 Å². The minimum atomic E-state index is -0.984. The largest absolute Gasteiger partial charge is 0.414 e. The van der Waals surface area contributed by atoms with Gasteiger partial charge in [0.2, 0.25) is 0 Å². The van der Waals surface area contributed by atoms with E-state index in [1.54, 1.807) is 6.92 Å². The quantitative estimate of drug-likeness (QED) is 0.604. The summed E-state index contributed by atoms with van der Waals surface area (Å²) in [5, 5.41) is 0.404. The van der Waals surface area contributed by atoms with Crippen LogP contribution in [0.15, 0.2) is 18.2 Å². The first-order valence-electron chi connectivity index (χ1n) is 4.24. The van der Waals surface area contributed by atoms with Crippen LogP contribution in [0.5, 0.6) is 5.75 Å². The molecule has 1 aromatic carbocycles. The zero-order chi connectivity index (χ0) is 11.4. The second-order valence-electron chi connectivity index (χ2n) is 2.76. The predicted octanol–water partition coefficient (Wildman–Crippen LogP) is 3.67. The first-order valence-corrected chi connectivity index (χ1v) is 5.00. The Hall–Kier alpha value is -1.06. The maximum absolute atomic E-state index is 11.5. The standard InChI is InChI=1S/C10H8Cl2O3/c1-2-8(13)7-5-6(11)3-4-9(7)15-10(12)14/h3-5H,2H2,1H3. The molecule has 0 aliphatic rings. The number of carbonyl (C=O) groups is 2. The van der Waals surface area contributed by atoms with Crippen molar-refractivity contribution in [1.82, 2.24) is 0 Å². The van der Waals surface area contributed by atoms with Crippen molar-refractivity contribution in [3.8, 4) is 5.75 Å². The summed E-state index contributed by atoms with van der Waals surface area (Å²) < 4.78 is 4.67. The van der Waals surface area contributed by atoms with Crippen LogP contribution in [-0.2, 0) is 0 Å². The van der Waals surface area contributed by atoms with Crippen molar-refractivity contribution in [2.45, 2.75) is 13.3 Å². The third-order valence-corrected chi connectivity index (χ3v) is 2.07. The van der Waals surface area contributed by atoms with Crippen LogP contribution >= 0.6 is 23.2 Å². The normalized spacial score (nSPS) is 9.80. The number of rotatable bonds is 3. The molecule has 0 heterocycles. The van der Waals surface area contributed by atoms with Gasteiger partial charge in [0.1, 0.15) is 5.75 Å². The predicted molar refractivity (Wildman–Crippen MR) is 58.0 cm³/mol. The lowest BCUT2D eigenvalue weighted by Crippen LogP contribution is -2.04. The van der Waals surface area contributed by atoms with E-state index < -0.39 is 5.43 Å². The van der Waals surface area contributed by atoms with Crippen molar-refractivity contribution >= 4 is 34.4 Å². The summed E-state index contributed by atoms with van der Waals surface area (Å²) in [6.45, 7) is 1.70. The third kappa shape index (κ3) is 3.22. The van der Waals surface area contributed by atoms with Crippen LogP contribution < -0.4 is 4.74 Å². The maximum atomic E-state index is 11.5. The summed E-state index contributed by atoms with van der Waals surface area (Å²) in [6.07, 6.45) is 0.299. The summed E-state index contributed by atoms with van der Waals surface area (Å²) in [7, 11) is 0. The van der Waals surface area contributed by atoms with E-state index in [9.17, 15) is 9.59 Å². The van der Waals surface area contributed by atoms with Crippen LogP contribution in [0.2, 0.25) is 5.02 Å². The molecule has 15 heavy (non-hydrogen) atoms. The van der Waals surface area contributed by atoms with Crippen LogP contribution in [0.25, 0.3) is 0 Å². The first-order chi connectivity index (χ1) is 7.04. The maximum Gasteiger partial charge on any atom is 0.409 e. The second-order valence-corrected chi connectivity index (χ2v) is 3.50. The summed E-state index contributed by atoms with van der Waals surface area (Å²) >= 11 is 10.8. The lowest BCUT2D eigenvalue weighted by atomic mass is 10.1. The minimum absolute atomic E-state index is 0.131. The van der Waals surface area contributed by atoms with E-state index in [4.69, 9.17) is 23.2 Å². The highest BCUT2D eigenvalue weighted by Gasteiger charge is 2.13. The number of Topliss-reactive ketones (excluding diaryl/α,β-unsaturated/α-hetero) is 1. The molecule has 0 aromatic heterocycles. The van der Waals surface area contributed by atoms with Crippen molar-refractivity contribution in [3.05, 3.63) is 28.8 Å². The van der Waals surface area contributed by atoms with Crippen molar-refractivity contribution in [3.63, 3.8) is 0 Å². The Morgan fingerprint density at radius 2 is 2.07 bits per heavy atom. The van der Waals surface area contributed by atoms with E-state index in [1.807, 2.05) is 0 Å². The van der Waals surface area contributed by atoms with E-state index in [-0.39, 0.29) is 17.1 Å². The first kappa shape index (κ1) is 12.0. The fourth-order valence-corrected chi connectivity index (χ4v) is 1.34. The molecule has 0 bridgehead atoms. The highest BCUT2D eigenvalue weighted by molar-refractivity contribution is 6.61. The Morgan fingerprint density at radius 1 is 1.40 bits per heavy atom. The topological polar surface area (TPSA) is 43.4 Å². The number of benzene rings is 1. The van der Waals surface area contributed by atoms with Gasteiger partial charge < -0.3 is 4.74 Å². The molecule has 0 amide bonds. The number of hydrogen-bond acceptors (Lipinski definition) is 3. The van der Waals surface area contributed by atoms with Gasteiger partial charge >= 0.3 is 5.43 Å². The number of ketones is 1. The highest BCUT2D eigenvalue weighted by atomic mass is 35.5. The Bertz CT molecular complexity index is 402. The smallest absolute Gasteiger partial charge is 0.409 e. The summed E-state index contributed by atoms with van der Waals surface area (Å²) in [4.78, 5) is 22.0. The van der Waals surface area contributed by atoms with Crippen LogP contribution in [0.4, 0.5) is 4.79 Å². The molecule has 1 aromatic rings. The van der Waals surface area contributed by atoms with Gasteiger partial charge in [0.05, 0.1) is 5.56 Å². The summed E-state index contributed by atoms with van der Waals surface area (Å²) in [6, 6.07) is 4.40. The van der Waals surface area contributed by atoms with Gasteiger partial charge in [0.25, 0.3) is 0 Å². The molecule has 5 heteroatoms. The average molecular weight is 247 g/mol. The Labute approximate surface area is 96.9 Å². The lowest BCUT2D eigenvalue weighted by Gasteiger charge is -2.06. The molecule has 0 saturated carbocycles. The minimum Gasteiger partial charge on any atom is -0.414 e. The van der Waals surface area contributed by atoms with Crippen LogP contribution in [-0.4, -0.2) is 11.2 Å². The molecule has 0 unspecified atom stereocenters. The van der Waals surface area contributed by atoms with Gasteiger partial charge in [-0.15, -0.1) is 0 Å². The Balaban J connectivity index is 3.14.